The lowest BCUT2D eigenvalue weighted by molar-refractivity contribution is 0.414. The maximum Gasteiger partial charge on any atom is 0.241 e. The van der Waals surface area contributed by atoms with Crippen LogP contribution in [0.2, 0.25) is 5.02 Å². The minimum atomic E-state index is -3.68. The van der Waals surface area contributed by atoms with Crippen molar-refractivity contribution in [2.24, 2.45) is 0 Å². The first-order chi connectivity index (χ1) is 12.4. The number of methoxy groups -OCH3 is 1. The molecule has 6 heteroatoms. The van der Waals surface area contributed by atoms with E-state index in [-0.39, 0.29) is 16.0 Å². The Hall–Kier alpha value is -1.56. The fraction of sp³-hybridized carbons (Fsp3) is 0.400. The lowest BCUT2D eigenvalue weighted by atomic mass is 9.89. The van der Waals surface area contributed by atoms with Crippen LogP contribution in [0.25, 0.3) is 0 Å². The van der Waals surface area contributed by atoms with Gasteiger partial charge in [0.1, 0.15) is 5.75 Å². The van der Waals surface area contributed by atoms with Gasteiger partial charge in [0.05, 0.1) is 17.0 Å². The number of aryl methyl sites for hydroxylation is 2. The van der Waals surface area contributed by atoms with Gasteiger partial charge in [-0.1, -0.05) is 36.7 Å². The first kappa shape index (κ1) is 19.2. The number of hydrogen-bond acceptors (Lipinski definition) is 3. The topological polar surface area (TPSA) is 55.4 Å². The molecular formula is C20H24ClNO3S. The quantitative estimate of drug-likeness (QED) is 0.776. The van der Waals surface area contributed by atoms with Gasteiger partial charge >= 0.3 is 0 Å². The van der Waals surface area contributed by atoms with Gasteiger partial charge in [-0.25, -0.2) is 13.1 Å². The molecule has 140 valence electrons. The van der Waals surface area contributed by atoms with Crippen LogP contribution in [0.15, 0.2) is 41.3 Å². The van der Waals surface area contributed by atoms with Gasteiger partial charge in [-0.2, -0.15) is 0 Å². The first-order valence-corrected chi connectivity index (χ1v) is 10.8. The highest BCUT2D eigenvalue weighted by molar-refractivity contribution is 7.89. The van der Waals surface area contributed by atoms with Crippen LogP contribution in [0.1, 0.15) is 48.9 Å². The molecule has 0 aromatic heterocycles. The van der Waals surface area contributed by atoms with Gasteiger partial charge in [-0.15, -0.1) is 0 Å². The molecule has 1 atom stereocenters. The van der Waals surface area contributed by atoms with Crippen LogP contribution in [0, 0.1) is 0 Å². The third kappa shape index (κ3) is 4.05. The molecule has 0 radical (unpaired) electrons. The Balaban J connectivity index is 1.86. The summed E-state index contributed by atoms with van der Waals surface area (Å²) < 4.78 is 33.5. The van der Waals surface area contributed by atoms with E-state index in [1.165, 1.54) is 43.2 Å². The van der Waals surface area contributed by atoms with Crippen molar-refractivity contribution in [2.45, 2.75) is 50.0 Å². The molecule has 26 heavy (non-hydrogen) atoms. The van der Waals surface area contributed by atoms with Crippen molar-refractivity contribution in [1.29, 1.82) is 0 Å². The minimum absolute atomic E-state index is 0.139. The van der Waals surface area contributed by atoms with Crippen LogP contribution in [-0.4, -0.2) is 15.5 Å². The average Bonchev–Trinajstić information content (AvgIpc) is 2.65. The van der Waals surface area contributed by atoms with Crippen LogP contribution < -0.4 is 9.46 Å². The van der Waals surface area contributed by atoms with Crippen LogP contribution in [0.5, 0.6) is 5.75 Å². The van der Waals surface area contributed by atoms with E-state index in [9.17, 15) is 8.42 Å². The van der Waals surface area contributed by atoms with Gasteiger partial charge < -0.3 is 4.74 Å². The Labute approximate surface area is 160 Å². The SMILES string of the molecule is CCC(NS(=O)(=O)c1ccc(OC)c(Cl)c1)c1ccc2c(c1)CCCC2. The molecule has 1 unspecified atom stereocenters. The summed E-state index contributed by atoms with van der Waals surface area (Å²) in [5, 5.41) is 0.275. The Kier molecular flexibility index (Phi) is 5.90. The number of halogens is 1. The van der Waals surface area contributed by atoms with E-state index in [1.807, 2.05) is 13.0 Å². The second-order valence-corrected chi connectivity index (χ2v) is 8.73. The number of nitrogens with one attached hydrogen (secondary N) is 1. The first-order valence-electron chi connectivity index (χ1n) is 8.92. The van der Waals surface area contributed by atoms with Crippen molar-refractivity contribution in [3.8, 4) is 5.75 Å². The van der Waals surface area contributed by atoms with Gasteiger partial charge in [0.2, 0.25) is 10.0 Å². The fourth-order valence-corrected chi connectivity index (χ4v) is 5.08. The minimum Gasteiger partial charge on any atom is -0.495 e. The standard InChI is InChI=1S/C20H24ClNO3S/c1-3-19(16-9-8-14-6-4-5-7-15(14)12-16)22-26(23,24)17-10-11-20(25-2)18(21)13-17/h8-13,19,22H,3-7H2,1-2H3. The highest BCUT2D eigenvalue weighted by Gasteiger charge is 2.22. The van der Waals surface area contributed by atoms with E-state index in [4.69, 9.17) is 16.3 Å². The molecule has 0 aliphatic heterocycles. The summed E-state index contributed by atoms with van der Waals surface area (Å²) in [5.41, 5.74) is 3.75. The molecule has 1 N–H and O–H groups in total. The molecule has 2 aromatic rings. The van der Waals surface area contributed by atoms with Gasteiger partial charge in [0, 0.05) is 6.04 Å². The smallest absolute Gasteiger partial charge is 0.241 e. The zero-order valence-corrected chi connectivity index (χ0v) is 16.7. The van der Waals surface area contributed by atoms with Crippen LogP contribution in [0.4, 0.5) is 0 Å². The molecule has 4 nitrogen and oxygen atoms in total. The Morgan fingerprint density at radius 2 is 1.85 bits per heavy atom. The van der Waals surface area contributed by atoms with E-state index in [1.54, 1.807) is 6.07 Å². The summed E-state index contributed by atoms with van der Waals surface area (Å²) in [5.74, 6) is 0.451. The number of sulfonamides is 1. The predicted octanol–water partition coefficient (Wildman–Crippen LogP) is 4.66. The maximum absolute atomic E-state index is 12.8. The Bertz CT molecular complexity index is 896. The Morgan fingerprint density at radius 1 is 1.12 bits per heavy atom. The fourth-order valence-electron chi connectivity index (χ4n) is 3.43. The van der Waals surface area contributed by atoms with Crippen LogP contribution in [0.3, 0.4) is 0 Å². The number of rotatable bonds is 6. The molecule has 0 fully saturated rings. The van der Waals surface area contributed by atoms with Crippen molar-refractivity contribution in [2.75, 3.05) is 7.11 Å². The molecule has 0 heterocycles. The monoisotopic (exact) mass is 393 g/mol. The molecular weight excluding hydrogens is 370 g/mol. The van der Waals surface area contributed by atoms with Crippen molar-refractivity contribution < 1.29 is 13.2 Å². The van der Waals surface area contributed by atoms with Crippen molar-refractivity contribution in [3.05, 3.63) is 58.1 Å². The number of hydrogen-bond donors (Lipinski definition) is 1. The molecule has 0 saturated heterocycles. The van der Waals surface area contributed by atoms with E-state index in [2.05, 4.69) is 16.9 Å². The predicted molar refractivity (Wildman–Crippen MR) is 104 cm³/mol. The average molecular weight is 394 g/mol. The Morgan fingerprint density at radius 3 is 2.50 bits per heavy atom. The van der Waals surface area contributed by atoms with Gasteiger partial charge in [0.25, 0.3) is 0 Å². The van der Waals surface area contributed by atoms with Crippen molar-refractivity contribution in [1.82, 2.24) is 4.72 Å². The summed E-state index contributed by atoms with van der Waals surface area (Å²) in [6.45, 7) is 1.98. The molecule has 0 spiro atoms. The molecule has 1 aliphatic rings. The zero-order chi connectivity index (χ0) is 18.7. The highest BCUT2D eigenvalue weighted by atomic mass is 35.5. The van der Waals surface area contributed by atoms with E-state index < -0.39 is 10.0 Å². The molecule has 0 bridgehead atoms. The lowest BCUT2D eigenvalue weighted by Gasteiger charge is -2.22. The van der Waals surface area contributed by atoms with E-state index >= 15 is 0 Å². The molecule has 3 rings (SSSR count). The van der Waals surface area contributed by atoms with Gasteiger partial charge in [-0.3, -0.25) is 0 Å². The molecule has 2 aromatic carbocycles. The number of fused-ring (bicyclic) bond motifs is 1. The summed E-state index contributed by atoms with van der Waals surface area (Å²) >= 11 is 6.09. The summed E-state index contributed by atoms with van der Waals surface area (Å²) in [6, 6.07) is 10.6. The van der Waals surface area contributed by atoms with E-state index in [0.717, 1.165) is 18.4 Å². The van der Waals surface area contributed by atoms with Crippen LogP contribution >= 0.6 is 11.6 Å². The highest BCUT2D eigenvalue weighted by Crippen LogP contribution is 2.29. The zero-order valence-electron chi connectivity index (χ0n) is 15.1. The normalized spacial score (nSPS) is 15.3. The van der Waals surface area contributed by atoms with Crippen molar-refractivity contribution in [3.63, 3.8) is 0 Å². The third-order valence-corrected chi connectivity index (χ3v) is 6.68. The van der Waals surface area contributed by atoms with Gasteiger partial charge in [-0.05, 0) is 67.0 Å². The largest absolute Gasteiger partial charge is 0.495 e. The van der Waals surface area contributed by atoms with Gasteiger partial charge in [0.15, 0.2) is 0 Å². The third-order valence-electron chi connectivity index (χ3n) is 4.91. The second-order valence-electron chi connectivity index (χ2n) is 6.61. The molecule has 0 saturated carbocycles. The van der Waals surface area contributed by atoms with E-state index in [0.29, 0.717) is 12.2 Å². The summed E-state index contributed by atoms with van der Waals surface area (Å²) in [4.78, 5) is 0.139. The number of benzene rings is 2. The molecule has 0 amide bonds. The molecule has 1 aliphatic carbocycles. The number of ether oxygens (including phenoxy) is 1. The van der Waals surface area contributed by atoms with Crippen molar-refractivity contribution >= 4 is 21.6 Å². The lowest BCUT2D eigenvalue weighted by Crippen LogP contribution is -2.28. The second kappa shape index (κ2) is 7.99. The summed E-state index contributed by atoms with van der Waals surface area (Å²) in [7, 11) is -2.18. The maximum atomic E-state index is 12.8. The summed E-state index contributed by atoms with van der Waals surface area (Å²) in [6.07, 6.45) is 5.28. The van der Waals surface area contributed by atoms with Crippen LogP contribution in [-0.2, 0) is 22.9 Å².